The summed E-state index contributed by atoms with van der Waals surface area (Å²) in [7, 11) is 0. The number of nitrogens with one attached hydrogen (secondary N) is 1. The molecule has 146 valence electrons. The van der Waals surface area contributed by atoms with Gasteiger partial charge in [0.15, 0.2) is 0 Å². The van der Waals surface area contributed by atoms with E-state index in [4.69, 9.17) is 0 Å². The van der Waals surface area contributed by atoms with E-state index in [1.807, 2.05) is 25.1 Å². The predicted octanol–water partition coefficient (Wildman–Crippen LogP) is 3.92. The van der Waals surface area contributed by atoms with Gasteiger partial charge >= 0.3 is 5.69 Å². The van der Waals surface area contributed by atoms with Crippen molar-refractivity contribution < 1.29 is 4.79 Å². The molecule has 0 spiro atoms. The van der Waals surface area contributed by atoms with Crippen LogP contribution in [0.5, 0.6) is 0 Å². The maximum absolute atomic E-state index is 13.1. The van der Waals surface area contributed by atoms with Crippen LogP contribution in [-0.2, 0) is 11.3 Å². The molecule has 0 fully saturated rings. The number of halogens is 1. The highest BCUT2D eigenvalue weighted by Gasteiger charge is 2.17. The summed E-state index contributed by atoms with van der Waals surface area (Å²) in [4.78, 5) is 38.7. The Labute approximate surface area is 178 Å². The average Bonchev–Trinajstić information content (AvgIpc) is 3.18. The summed E-state index contributed by atoms with van der Waals surface area (Å²) in [6, 6.07) is 16.0. The molecule has 0 unspecified atom stereocenters. The van der Waals surface area contributed by atoms with Gasteiger partial charge in [-0.2, -0.15) is 0 Å². The minimum absolute atomic E-state index is 0.209. The Morgan fingerprint density at radius 1 is 1.10 bits per heavy atom. The number of aryl methyl sites for hydroxylation is 1. The monoisotopic (exact) mass is 469 g/mol. The molecule has 0 aliphatic rings. The molecule has 2 aromatic carbocycles. The number of benzene rings is 2. The van der Waals surface area contributed by atoms with Crippen molar-refractivity contribution in [1.82, 2.24) is 9.13 Å². The Bertz CT molecular complexity index is 1340. The molecule has 4 rings (SSSR count). The molecule has 8 heteroatoms. The van der Waals surface area contributed by atoms with Gasteiger partial charge in [0.2, 0.25) is 5.91 Å². The zero-order chi connectivity index (χ0) is 20.5. The fourth-order valence-corrected chi connectivity index (χ4v) is 4.52. The largest absolute Gasteiger partial charge is 0.336 e. The maximum atomic E-state index is 13.1. The molecule has 0 saturated heterocycles. The number of amides is 1. The van der Waals surface area contributed by atoms with Crippen LogP contribution in [0.1, 0.15) is 5.56 Å². The molecule has 0 saturated carbocycles. The molecule has 1 N–H and O–H groups in total. The van der Waals surface area contributed by atoms with Crippen molar-refractivity contribution in [2.75, 3.05) is 5.32 Å². The van der Waals surface area contributed by atoms with E-state index in [9.17, 15) is 14.4 Å². The Kier molecular flexibility index (Phi) is 5.21. The van der Waals surface area contributed by atoms with Crippen molar-refractivity contribution in [3.8, 4) is 5.69 Å². The van der Waals surface area contributed by atoms with E-state index in [0.29, 0.717) is 21.6 Å². The number of rotatable bonds is 4. The van der Waals surface area contributed by atoms with Gasteiger partial charge in [-0.25, -0.2) is 9.36 Å². The van der Waals surface area contributed by atoms with Gasteiger partial charge < -0.3 is 5.32 Å². The van der Waals surface area contributed by atoms with Crippen LogP contribution in [0.2, 0.25) is 0 Å². The average molecular weight is 470 g/mol. The van der Waals surface area contributed by atoms with Gasteiger partial charge in [0.25, 0.3) is 5.56 Å². The van der Waals surface area contributed by atoms with Crippen molar-refractivity contribution in [2.45, 2.75) is 13.5 Å². The molecule has 1 amide bonds. The number of hydrogen-bond donors (Lipinski definition) is 1. The number of carbonyl (C=O) groups excluding carboxylic acids is 1. The summed E-state index contributed by atoms with van der Waals surface area (Å²) in [5.74, 6) is -0.359. The predicted molar refractivity (Wildman–Crippen MR) is 119 cm³/mol. The van der Waals surface area contributed by atoms with Crippen molar-refractivity contribution in [3.63, 3.8) is 0 Å². The minimum atomic E-state index is -0.551. The summed E-state index contributed by atoms with van der Waals surface area (Å²) < 4.78 is 3.62. The van der Waals surface area contributed by atoms with Crippen molar-refractivity contribution in [1.29, 1.82) is 0 Å². The van der Waals surface area contributed by atoms with Gasteiger partial charge in [-0.1, -0.05) is 24.3 Å². The van der Waals surface area contributed by atoms with Crippen LogP contribution in [0.25, 0.3) is 15.9 Å². The smallest absolute Gasteiger partial charge is 0.324 e. The number of aromatic nitrogens is 2. The van der Waals surface area contributed by atoms with Crippen LogP contribution in [0.15, 0.2) is 74.0 Å². The molecule has 29 heavy (non-hydrogen) atoms. The minimum Gasteiger partial charge on any atom is -0.324 e. The molecule has 6 nitrogen and oxygen atoms in total. The number of thiophene rings is 1. The SMILES string of the molecule is Cc1ccc(NC(=O)Cn2c(=O)n(-c3ccccc3)c(=O)c3sccc32)c(Br)c1. The second-order valence-corrected chi connectivity index (χ2v) is 8.28. The van der Waals surface area contributed by atoms with Gasteiger partial charge in [0, 0.05) is 4.47 Å². The number of hydrogen-bond acceptors (Lipinski definition) is 4. The maximum Gasteiger partial charge on any atom is 0.336 e. The van der Waals surface area contributed by atoms with Crippen molar-refractivity contribution in [2.24, 2.45) is 0 Å². The molecule has 0 radical (unpaired) electrons. The standard InChI is InChI=1S/C21H16BrN3O3S/c1-13-7-8-16(15(22)11-13)23-18(26)12-24-17-9-10-29-19(17)20(27)25(21(24)28)14-5-3-2-4-6-14/h2-11H,12H2,1H3,(H,23,26). The second-order valence-electron chi connectivity index (χ2n) is 6.51. The van der Waals surface area contributed by atoms with Crippen LogP contribution < -0.4 is 16.6 Å². The van der Waals surface area contributed by atoms with E-state index < -0.39 is 5.69 Å². The second kappa shape index (κ2) is 7.81. The van der Waals surface area contributed by atoms with Crippen LogP contribution in [0, 0.1) is 6.92 Å². The summed E-state index contributed by atoms with van der Waals surface area (Å²) in [5, 5.41) is 4.56. The number of nitrogens with zero attached hydrogens (tertiary/aromatic N) is 2. The van der Waals surface area contributed by atoms with Crippen molar-refractivity contribution in [3.05, 3.63) is 90.9 Å². The quantitative estimate of drug-likeness (QED) is 0.492. The lowest BCUT2D eigenvalue weighted by molar-refractivity contribution is -0.116. The lowest BCUT2D eigenvalue weighted by atomic mass is 10.2. The fraction of sp³-hybridized carbons (Fsp3) is 0.0952. The highest BCUT2D eigenvalue weighted by atomic mass is 79.9. The third-order valence-corrected chi connectivity index (χ3v) is 6.02. The van der Waals surface area contributed by atoms with Gasteiger partial charge in [-0.15, -0.1) is 11.3 Å². The molecule has 2 aromatic heterocycles. The molecular weight excluding hydrogens is 454 g/mol. The lowest BCUT2D eigenvalue weighted by Gasteiger charge is -2.13. The number of carbonyl (C=O) groups is 1. The van der Waals surface area contributed by atoms with E-state index in [2.05, 4.69) is 21.2 Å². The molecule has 0 aliphatic heterocycles. The van der Waals surface area contributed by atoms with Crippen LogP contribution in [0.3, 0.4) is 0 Å². The summed E-state index contributed by atoms with van der Waals surface area (Å²) >= 11 is 4.68. The van der Waals surface area contributed by atoms with Gasteiger partial charge in [0.1, 0.15) is 11.2 Å². The third-order valence-electron chi connectivity index (χ3n) is 4.47. The van der Waals surface area contributed by atoms with E-state index in [1.54, 1.807) is 41.8 Å². The van der Waals surface area contributed by atoms with E-state index in [0.717, 1.165) is 14.6 Å². The molecule has 0 atom stereocenters. The highest BCUT2D eigenvalue weighted by molar-refractivity contribution is 9.10. The van der Waals surface area contributed by atoms with Crippen LogP contribution in [-0.4, -0.2) is 15.0 Å². The number of para-hydroxylation sites is 1. The molecule has 2 heterocycles. The Morgan fingerprint density at radius 2 is 1.86 bits per heavy atom. The first-order valence-electron chi connectivity index (χ1n) is 8.80. The fourth-order valence-electron chi connectivity index (χ4n) is 3.10. The van der Waals surface area contributed by atoms with Crippen LogP contribution >= 0.6 is 27.3 Å². The molecular formula is C21H16BrN3O3S. The first-order chi connectivity index (χ1) is 14.0. The summed E-state index contributed by atoms with van der Waals surface area (Å²) in [5.41, 5.74) is 1.66. The summed E-state index contributed by atoms with van der Waals surface area (Å²) in [6.07, 6.45) is 0. The summed E-state index contributed by atoms with van der Waals surface area (Å²) in [6.45, 7) is 1.75. The van der Waals surface area contributed by atoms with E-state index in [1.165, 1.54) is 15.9 Å². The van der Waals surface area contributed by atoms with Crippen molar-refractivity contribution >= 4 is 49.1 Å². The first-order valence-corrected chi connectivity index (χ1v) is 10.5. The van der Waals surface area contributed by atoms with E-state index >= 15 is 0 Å². The third kappa shape index (κ3) is 3.68. The normalized spacial score (nSPS) is 11.0. The zero-order valence-corrected chi connectivity index (χ0v) is 17.8. The first kappa shape index (κ1) is 19.4. The van der Waals surface area contributed by atoms with Crippen LogP contribution in [0.4, 0.5) is 5.69 Å². The Hall–Kier alpha value is -2.97. The molecule has 4 aromatic rings. The van der Waals surface area contributed by atoms with E-state index in [-0.39, 0.29) is 18.0 Å². The molecule has 0 bridgehead atoms. The van der Waals surface area contributed by atoms with Gasteiger partial charge in [-0.05, 0) is 64.1 Å². The number of anilines is 1. The van der Waals surface area contributed by atoms with Gasteiger partial charge in [-0.3, -0.25) is 14.2 Å². The Morgan fingerprint density at radius 3 is 2.59 bits per heavy atom. The highest BCUT2D eigenvalue weighted by Crippen LogP contribution is 2.23. The zero-order valence-electron chi connectivity index (χ0n) is 15.4. The van der Waals surface area contributed by atoms with Gasteiger partial charge in [0.05, 0.1) is 16.9 Å². The Balaban J connectivity index is 1.78. The topological polar surface area (TPSA) is 73.1 Å². The lowest BCUT2D eigenvalue weighted by Crippen LogP contribution is -2.40. The number of fused-ring (bicyclic) bond motifs is 1. The molecule has 0 aliphatic carbocycles.